The van der Waals surface area contributed by atoms with Gasteiger partial charge in [0.05, 0.1) is 40.4 Å². The average Bonchev–Trinajstić information content (AvgIpc) is 3.91. The zero-order valence-electron chi connectivity index (χ0n) is 35.3. The van der Waals surface area contributed by atoms with E-state index >= 15 is 0 Å². The predicted molar refractivity (Wildman–Crippen MR) is 267 cm³/mol. The van der Waals surface area contributed by atoms with Gasteiger partial charge < -0.3 is 9.13 Å². The second-order valence-corrected chi connectivity index (χ2v) is 16.2. The Balaban J connectivity index is 1.12. The lowest BCUT2D eigenvalue weighted by Crippen LogP contribution is -2.04. The molecule has 0 saturated carbocycles. The molecule has 3 heterocycles. The minimum atomic E-state index is 0.441. The van der Waals surface area contributed by atoms with Crippen molar-refractivity contribution in [1.82, 2.24) is 24.1 Å². The number of nitriles is 1. The summed E-state index contributed by atoms with van der Waals surface area (Å²) in [5.41, 5.74) is 13.6. The largest absolute Gasteiger partial charge is 0.309 e. The van der Waals surface area contributed by atoms with E-state index in [-0.39, 0.29) is 0 Å². The zero-order valence-corrected chi connectivity index (χ0v) is 35.3. The van der Waals surface area contributed by atoms with E-state index < -0.39 is 0 Å². The third-order valence-electron chi connectivity index (χ3n) is 12.4. The van der Waals surface area contributed by atoms with Crippen molar-refractivity contribution < 1.29 is 0 Å². The summed E-state index contributed by atoms with van der Waals surface area (Å²) in [4.78, 5) is 19.4. The molecule has 9 aromatic carbocycles. The van der Waals surface area contributed by atoms with Crippen molar-refractivity contribution in [3.05, 3.63) is 229 Å². The van der Waals surface area contributed by atoms with E-state index in [1.807, 2.05) is 66.7 Å². The van der Waals surface area contributed by atoms with Crippen LogP contribution in [-0.2, 0) is 0 Å². The van der Waals surface area contributed by atoms with Gasteiger partial charge in [0, 0.05) is 49.5 Å². The minimum absolute atomic E-state index is 0.441. The van der Waals surface area contributed by atoms with Gasteiger partial charge in [0.1, 0.15) is 0 Å². The van der Waals surface area contributed by atoms with E-state index in [0.29, 0.717) is 28.7 Å². The first-order valence-corrected chi connectivity index (χ1v) is 21.7. The van der Waals surface area contributed by atoms with Crippen LogP contribution in [0.3, 0.4) is 0 Å². The van der Waals surface area contributed by atoms with Gasteiger partial charge in [0.25, 0.3) is 0 Å². The van der Waals surface area contributed by atoms with Gasteiger partial charge in [-0.25, -0.2) is 19.8 Å². The lowest BCUT2D eigenvalue weighted by molar-refractivity contribution is 1.06. The summed E-state index contributed by atoms with van der Waals surface area (Å²) in [6.45, 7) is 7.95. The number of rotatable bonds is 7. The zero-order chi connectivity index (χ0) is 44.1. The topological polar surface area (TPSA) is 76.7 Å². The minimum Gasteiger partial charge on any atom is -0.309 e. The molecule has 0 saturated heterocycles. The second kappa shape index (κ2) is 15.7. The number of benzene rings is 9. The SMILES string of the molecule is [C-]#[N+]c1cc(C#N)ccc1-c1ccc2c(c1)c1ccccc1n2-c1ccc(-c2ccc3c(c2)c2ccccc2n3-c2ccccc2)cc1-c1nc(-c2ccccc2)nc(-c2ccccc2)n1. The molecular weight excluding hydrogens is 807 g/mol. The Morgan fingerprint density at radius 2 is 0.894 bits per heavy atom. The third kappa shape index (κ3) is 6.39. The molecule has 7 heteroatoms. The monoisotopic (exact) mass is 841 g/mol. The molecule has 0 atom stereocenters. The van der Waals surface area contributed by atoms with Gasteiger partial charge in [-0.3, -0.25) is 0 Å². The van der Waals surface area contributed by atoms with Crippen LogP contribution in [0.5, 0.6) is 0 Å². The molecule has 12 aromatic rings. The van der Waals surface area contributed by atoms with E-state index in [9.17, 15) is 5.26 Å². The Labute approximate surface area is 380 Å². The first-order valence-electron chi connectivity index (χ1n) is 21.7. The van der Waals surface area contributed by atoms with Crippen molar-refractivity contribution >= 4 is 49.3 Å². The fourth-order valence-electron chi connectivity index (χ4n) is 9.36. The first kappa shape index (κ1) is 38.3. The highest BCUT2D eigenvalue weighted by molar-refractivity contribution is 6.12. The fraction of sp³-hybridized carbons (Fsp3) is 0. The number of para-hydroxylation sites is 3. The van der Waals surface area contributed by atoms with Crippen molar-refractivity contribution in [3.63, 3.8) is 0 Å². The first-order chi connectivity index (χ1) is 32.6. The van der Waals surface area contributed by atoms with E-state index in [0.717, 1.165) is 88.5 Å². The fourth-order valence-corrected chi connectivity index (χ4v) is 9.36. The summed E-state index contributed by atoms with van der Waals surface area (Å²) >= 11 is 0. The Kier molecular flexibility index (Phi) is 9.12. The van der Waals surface area contributed by atoms with Gasteiger partial charge in [-0.1, -0.05) is 140 Å². The maximum atomic E-state index is 9.57. The standard InChI is InChI=1S/C59H35N7/c1-61-51-33-38(37-60)25-29-45(51)43-28-32-55-49(36-43)47-22-12-14-24-53(47)66(55)56-31-27-42(41-26-30-54-48(34-41)46-21-11-13-23-52(46)65(54)44-19-9-4-10-20-44)35-50(56)59-63-57(39-15-5-2-6-16-39)62-58(64-59)40-17-7-3-8-18-40/h2-36H. The van der Waals surface area contributed by atoms with Gasteiger partial charge in [-0.15, -0.1) is 0 Å². The maximum Gasteiger partial charge on any atom is 0.196 e. The van der Waals surface area contributed by atoms with E-state index in [1.165, 1.54) is 5.39 Å². The molecule has 0 amide bonds. The van der Waals surface area contributed by atoms with E-state index in [4.69, 9.17) is 21.5 Å². The Hall–Kier alpha value is -9.43. The van der Waals surface area contributed by atoms with Crippen LogP contribution in [-0.4, -0.2) is 24.1 Å². The van der Waals surface area contributed by atoms with Crippen LogP contribution in [0.2, 0.25) is 0 Å². The van der Waals surface area contributed by atoms with Gasteiger partial charge >= 0.3 is 0 Å². The van der Waals surface area contributed by atoms with Crippen LogP contribution in [0, 0.1) is 17.9 Å². The Morgan fingerprint density at radius 1 is 0.394 bits per heavy atom. The Bertz CT molecular complexity index is 3890. The molecule has 0 N–H and O–H groups in total. The van der Waals surface area contributed by atoms with Crippen molar-refractivity contribution in [2.45, 2.75) is 0 Å². The Morgan fingerprint density at radius 3 is 1.53 bits per heavy atom. The summed E-state index contributed by atoms with van der Waals surface area (Å²) in [5.74, 6) is 1.70. The smallest absolute Gasteiger partial charge is 0.196 e. The molecule has 3 aromatic heterocycles. The van der Waals surface area contributed by atoms with E-state index in [2.05, 4.69) is 154 Å². The molecule has 306 valence electrons. The molecule has 0 spiro atoms. The summed E-state index contributed by atoms with van der Waals surface area (Å²) in [7, 11) is 0. The van der Waals surface area contributed by atoms with Crippen LogP contribution >= 0.6 is 0 Å². The molecule has 7 nitrogen and oxygen atoms in total. The summed E-state index contributed by atoms with van der Waals surface area (Å²) in [6.07, 6.45) is 0. The molecule has 66 heavy (non-hydrogen) atoms. The number of fused-ring (bicyclic) bond motifs is 6. The maximum absolute atomic E-state index is 9.57. The van der Waals surface area contributed by atoms with Crippen LogP contribution < -0.4 is 0 Å². The van der Waals surface area contributed by atoms with E-state index in [1.54, 1.807) is 12.1 Å². The molecule has 0 aliphatic carbocycles. The van der Waals surface area contributed by atoms with Gasteiger partial charge in [0.2, 0.25) is 0 Å². The molecule has 0 fully saturated rings. The normalized spacial score (nSPS) is 11.3. The average molecular weight is 842 g/mol. The van der Waals surface area contributed by atoms with Crippen molar-refractivity contribution in [2.24, 2.45) is 0 Å². The van der Waals surface area contributed by atoms with Crippen LogP contribution in [0.1, 0.15) is 5.56 Å². The third-order valence-corrected chi connectivity index (χ3v) is 12.4. The summed E-state index contributed by atoms with van der Waals surface area (Å²) in [5, 5.41) is 14.0. The summed E-state index contributed by atoms with van der Waals surface area (Å²) < 4.78 is 4.63. The van der Waals surface area contributed by atoms with Crippen LogP contribution in [0.4, 0.5) is 5.69 Å². The number of hydrogen-bond donors (Lipinski definition) is 0. The highest BCUT2D eigenvalue weighted by Gasteiger charge is 2.22. The number of aromatic nitrogens is 5. The molecule has 0 aliphatic heterocycles. The van der Waals surface area contributed by atoms with Gasteiger partial charge in [-0.2, -0.15) is 5.26 Å². The van der Waals surface area contributed by atoms with Crippen LogP contribution in [0.25, 0.3) is 116 Å². The van der Waals surface area contributed by atoms with Gasteiger partial charge in [-0.05, 0) is 95.1 Å². The lowest BCUT2D eigenvalue weighted by Gasteiger charge is -2.16. The van der Waals surface area contributed by atoms with Gasteiger partial charge in [0.15, 0.2) is 23.2 Å². The highest BCUT2D eigenvalue weighted by Crippen LogP contribution is 2.42. The number of nitrogens with zero attached hydrogens (tertiary/aromatic N) is 7. The predicted octanol–water partition coefficient (Wildman–Crippen LogP) is 14.8. The quantitative estimate of drug-likeness (QED) is 0.150. The number of hydrogen-bond acceptors (Lipinski definition) is 4. The molecular formula is C59H35N7. The highest BCUT2D eigenvalue weighted by atomic mass is 15.1. The molecule has 0 aliphatic rings. The molecule has 0 radical (unpaired) electrons. The van der Waals surface area contributed by atoms with Crippen molar-refractivity contribution in [2.75, 3.05) is 0 Å². The lowest BCUT2D eigenvalue weighted by atomic mass is 9.98. The molecule has 12 rings (SSSR count). The second-order valence-electron chi connectivity index (χ2n) is 16.2. The summed E-state index contributed by atoms with van der Waals surface area (Å²) in [6, 6.07) is 74.8. The van der Waals surface area contributed by atoms with Crippen molar-refractivity contribution in [1.29, 1.82) is 5.26 Å². The van der Waals surface area contributed by atoms with Crippen LogP contribution in [0.15, 0.2) is 212 Å². The van der Waals surface area contributed by atoms with Crippen molar-refractivity contribution in [3.8, 4) is 73.9 Å². The molecule has 0 bridgehead atoms. The molecule has 0 unspecified atom stereocenters.